The van der Waals surface area contributed by atoms with Crippen molar-refractivity contribution in [3.05, 3.63) is 53.6 Å². The van der Waals surface area contributed by atoms with Gasteiger partial charge in [-0.3, -0.25) is 10.00 Å². The Morgan fingerprint density at radius 2 is 2.00 bits per heavy atom. The summed E-state index contributed by atoms with van der Waals surface area (Å²) in [7, 11) is 0. The molecule has 2 aliphatic rings. The molecule has 2 saturated heterocycles. The second-order valence-corrected chi connectivity index (χ2v) is 8.89. The van der Waals surface area contributed by atoms with E-state index in [1.165, 1.54) is 4.90 Å². The Labute approximate surface area is 197 Å². The van der Waals surface area contributed by atoms with E-state index in [0.717, 1.165) is 36.9 Å². The Balaban J connectivity index is 1.41. The van der Waals surface area contributed by atoms with Crippen LogP contribution >= 0.6 is 0 Å². The monoisotopic (exact) mass is 494 g/mol. The number of likely N-dealkylation sites (tertiary alicyclic amines) is 1. The lowest BCUT2D eigenvalue weighted by Crippen LogP contribution is -2.27. The number of rotatable bonds is 6. The quantitative estimate of drug-likeness (QED) is 0.497. The van der Waals surface area contributed by atoms with E-state index in [4.69, 9.17) is 0 Å². The molecule has 2 aliphatic heterocycles. The normalized spacial score (nSPS) is 20.5. The van der Waals surface area contributed by atoms with Gasteiger partial charge in [0.15, 0.2) is 0 Å². The van der Waals surface area contributed by atoms with Gasteiger partial charge in [0.1, 0.15) is 11.6 Å². The van der Waals surface area contributed by atoms with Gasteiger partial charge in [-0.25, -0.2) is 18.7 Å². The third kappa shape index (κ3) is 5.50. The predicted octanol–water partition coefficient (Wildman–Crippen LogP) is 4.19. The fourth-order valence-corrected chi connectivity index (χ4v) is 4.42. The van der Waals surface area contributed by atoms with E-state index < -0.39 is 24.2 Å². The number of anilines is 3. The molecule has 1 atom stereocenters. The number of hydrogen-bond donors (Lipinski definition) is 2. The lowest BCUT2D eigenvalue weighted by atomic mass is 10.0. The van der Waals surface area contributed by atoms with Crippen LogP contribution in [0, 0.1) is 0 Å². The third-order valence-corrected chi connectivity index (χ3v) is 6.18. The van der Waals surface area contributed by atoms with Crippen LogP contribution in [0.5, 0.6) is 0 Å². The highest BCUT2D eigenvalue weighted by Gasteiger charge is 2.40. The highest BCUT2D eigenvalue weighted by Crippen LogP contribution is 2.34. The molecule has 2 N–H and O–H groups in total. The van der Waals surface area contributed by atoms with E-state index in [9.17, 15) is 22.0 Å². The average Bonchev–Trinajstić information content (AvgIpc) is 3.55. The van der Waals surface area contributed by atoms with Gasteiger partial charge in [-0.15, -0.1) is 0 Å². The van der Waals surface area contributed by atoms with Crippen molar-refractivity contribution in [2.75, 3.05) is 36.4 Å². The largest absolute Gasteiger partial charge is 0.416 e. The third-order valence-electron chi connectivity index (χ3n) is 6.18. The Hall–Kier alpha value is -3.35. The van der Waals surface area contributed by atoms with Gasteiger partial charge >= 0.3 is 6.18 Å². The van der Waals surface area contributed by atoms with E-state index in [1.54, 1.807) is 12.3 Å². The summed E-state index contributed by atoms with van der Waals surface area (Å²) in [5.41, 5.74) is 0.843. The molecule has 1 unspecified atom stereocenters. The van der Waals surface area contributed by atoms with Crippen LogP contribution in [-0.4, -0.2) is 62.2 Å². The zero-order valence-electron chi connectivity index (χ0n) is 18.6. The van der Waals surface area contributed by atoms with Crippen LogP contribution < -0.4 is 10.2 Å². The summed E-state index contributed by atoms with van der Waals surface area (Å²) in [5.74, 6) is -2.54. The SMILES string of the molecule is FC1(F)CCN(c2nc(Nc3cc(C(F)(F)F)ccn3)cc(C3CCN(Cc4cn[nH]c4)C3)n2)C1. The van der Waals surface area contributed by atoms with Gasteiger partial charge in [-0.1, -0.05) is 0 Å². The molecule has 5 rings (SSSR count). The van der Waals surface area contributed by atoms with Gasteiger partial charge in [0.05, 0.1) is 24.0 Å². The first kappa shape index (κ1) is 23.4. The standard InChI is InChI=1S/C22H23F5N8/c23-21(24)3-6-35(13-21)20-31-17(15-2-5-34(12-15)11-14-9-29-30-10-14)8-19(33-20)32-18-7-16(1-4-28-18)22(25,26)27/h1,4,7-10,15H,2-3,5-6,11-13H2,(H,29,30)(H,28,31,32,33). The summed E-state index contributed by atoms with van der Waals surface area (Å²) in [6, 6.07) is 3.42. The van der Waals surface area contributed by atoms with Crippen molar-refractivity contribution in [1.82, 2.24) is 30.0 Å². The maximum Gasteiger partial charge on any atom is 0.416 e. The van der Waals surface area contributed by atoms with Crippen LogP contribution in [0.3, 0.4) is 0 Å². The molecule has 3 aromatic heterocycles. The van der Waals surface area contributed by atoms with E-state index in [-0.39, 0.29) is 36.5 Å². The van der Waals surface area contributed by atoms with E-state index in [2.05, 4.69) is 35.4 Å². The number of aromatic nitrogens is 5. The van der Waals surface area contributed by atoms with Crippen LogP contribution in [0.25, 0.3) is 0 Å². The molecule has 0 spiro atoms. The Morgan fingerprint density at radius 3 is 2.71 bits per heavy atom. The summed E-state index contributed by atoms with van der Waals surface area (Å²) in [4.78, 5) is 16.5. The minimum Gasteiger partial charge on any atom is -0.334 e. The van der Waals surface area contributed by atoms with Crippen LogP contribution in [0.1, 0.15) is 35.6 Å². The van der Waals surface area contributed by atoms with Gasteiger partial charge in [0, 0.05) is 56.0 Å². The van der Waals surface area contributed by atoms with Crippen molar-refractivity contribution in [1.29, 1.82) is 0 Å². The minimum atomic E-state index is -4.52. The minimum absolute atomic E-state index is 0.0155. The van der Waals surface area contributed by atoms with Gasteiger partial charge in [0.2, 0.25) is 5.95 Å². The van der Waals surface area contributed by atoms with Gasteiger partial charge in [-0.05, 0) is 25.1 Å². The van der Waals surface area contributed by atoms with Crippen molar-refractivity contribution in [2.24, 2.45) is 0 Å². The molecular formula is C22H23F5N8. The molecule has 35 heavy (non-hydrogen) atoms. The summed E-state index contributed by atoms with van der Waals surface area (Å²) < 4.78 is 67.1. The number of alkyl halides is 5. The van der Waals surface area contributed by atoms with Crippen molar-refractivity contribution in [2.45, 2.75) is 37.4 Å². The Kier molecular flexibility index (Phi) is 6.03. The highest BCUT2D eigenvalue weighted by molar-refractivity contribution is 5.55. The molecule has 3 aromatic rings. The van der Waals surface area contributed by atoms with Crippen molar-refractivity contribution in [3.8, 4) is 0 Å². The number of pyridine rings is 1. The van der Waals surface area contributed by atoms with E-state index in [0.29, 0.717) is 18.8 Å². The fraction of sp³-hybridized carbons (Fsp3) is 0.455. The number of nitrogens with zero attached hydrogens (tertiary/aromatic N) is 6. The topological polar surface area (TPSA) is 85.9 Å². The lowest BCUT2D eigenvalue weighted by Gasteiger charge is -2.20. The predicted molar refractivity (Wildman–Crippen MR) is 118 cm³/mol. The molecule has 8 nitrogen and oxygen atoms in total. The molecule has 13 heteroatoms. The Morgan fingerprint density at radius 1 is 1.14 bits per heavy atom. The molecular weight excluding hydrogens is 471 g/mol. The van der Waals surface area contributed by atoms with Crippen molar-refractivity contribution < 1.29 is 22.0 Å². The average molecular weight is 494 g/mol. The second-order valence-electron chi connectivity index (χ2n) is 8.89. The van der Waals surface area contributed by atoms with Gasteiger partial charge in [0.25, 0.3) is 5.92 Å². The summed E-state index contributed by atoms with van der Waals surface area (Å²) in [5, 5.41) is 9.56. The maximum atomic E-state index is 13.9. The summed E-state index contributed by atoms with van der Waals surface area (Å²) in [6.07, 6.45) is 0.609. The second kappa shape index (κ2) is 9.02. The molecule has 0 radical (unpaired) electrons. The Bertz CT molecular complexity index is 1170. The van der Waals surface area contributed by atoms with Crippen molar-refractivity contribution >= 4 is 17.6 Å². The number of halogens is 5. The zero-order valence-corrected chi connectivity index (χ0v) is 18.6. The van der Waals surface area contributed by atoms with Gasteiger partial charge in [-0.2, -0.15) is 23.3 Å². The molecule has 186 valence electrons. The van der Waals surface area contributed by atoms with Crippen molar-refractivity contribution in [3.63, 3.8) is 0 Å². The lowest BCUT2D eigenvalue weighted by molar-refractivity contribution is -0.137. The van der Waals surface area contributed by atoms with Crippen LogP contribution in [-0.2, 0) is 12.7 Å². The van der Waals surface area contributed by atoms with Gasteiger partial charge < -0.3 is 10.2 Å². The van der Waals surface area contributed by atoms with E-state index in [1.807, 2.05) is 6.20 Å². The molecule has 0 amide bonds. The van der Waals surface area contributed by atoms with Crippen LogP contribution in [0.2, 0.25) is 0 Å². The maximum absolute atomic E-state index is 13.9. The van der Waals surface area contributed by atoms with Crippen LogP contribution in [0.15, 0.2) is 36.8 Å². The first-order chi connectivity index (χ1) is 16.6. The summed E-state index contributed by atoms with van der Waals surface area (Å²) in [6.45, 7) is 1.81. The summed E-state index contributed by atoms with van der Waals surface area (Å²) >= 11 is 0. The first-order valence-electron chi connectivity index (χ1n) is 11.2. The number of hydrogen-bond acceptors (Lipinski definition) is 7. The number of H-pyrrole nitrogens is 1. The smallest absolute Gasteiger partial charge is 0.334 e. The van der Waals surface area contributed by atoms with Crippen LogP contribution in [0.4, 0.5) is 39.5 Å². The molecule has 0 aliphatic carbocycles. The molecule has 0 saturated carbocycles. The highest BCUT2D eigenvalue weighted by atomic mass is 19.4. The molecule has 2 fully saturated rings. The molecule has 5 heterocycles. The molecule has 0 bridgehead atoms. The first-order valence-corrected chi connectivity index (χ1v) is 11.2. The number of nitrogens with one attached hydrogen (secondary N) is 2. The van der Waals surface area contributed by atoms with E-state index >= 15 is 0 Å². The fourth-order valence-electron chi connectivity index (χ4n) is 4.42. The number of aromatic amines is 1. The molecule has 0 aromatic carbocycles. The zero-order chi connectivity index (χ0) is 24.6.